The van der Waals surface area contributed by atoms with Gasteiger partial charge in [0.25, 0.3) is 0 Å². The number of nitrogens with two attached hydrogens (primary N) is 1. The number of likely N-dealkylation sites (N-methyl/N-ethyl adjacent to an activating group) is 1. The summed E-state index contributed by atoms with van der Waals surface area (Å²) in [5.41, 5.74) is 6.71. The normalized spacial score (nSPS) is 18.7. The average molecular weight is 265 g/mol. The van der Waals surface area contributed by atoms with Crippen molar-refractivity contribution in [3.63, 3.8) is 0 Å². The molecule has 1 saturated heterocycles. The van der Waals surface area contributed by atoms with Crippen LogP contribution in [0, 0.1) is 5.82 Å². The first-order chi connectivity index (χ1) is 9.04. The van der Waals surface area contributed by atoms with Crippen molar-refractivity contribution in [3.8, 4) is 0 Å². The molecule has 1 fully saturated rings. The Kier molecular flexibility index (Phi) is 4.04. The first-order valence-electron chi connectivity index (χ1n) is 6.51. The second-order valence-corrected chi connectivity index (χ2v) is 5.06. The summed E-state index contributed by atoms with van der Waals surface area (Å²) in [6.45, 7) is 0.970. The summed E-state index contributed by atoms with van der Waals surface area (Å²) in [4.78, 5) is 15.7. The van der Waals surface area contributed by atoms with Gasteiger partial charge in [0.1, 0.15) is 11.9 Å². The molecule has 1 unspecified atom stereocenters. The standard InChI is InChI=1S/C14H20FN3O/c1-17(2)14(19)13-4-3-7-18(13)11-6-5-10(9-16)12(15)8-11/h5-6,8,13H,3-4,7,9,16H2,1-2H3. The summed E-state index contributed by atoms with van der Waals surface area (Å²) in [5.74, 6) is -0.233. The Bertz CT molecular complexity index is 476. The van der Waals surface area contributed by atoms with Crippen molar-refractivity contribution in [2.45, 2.75) is 25.4 Å². The molecule has 104 valence electrons. The maximum Gasteiger partial charge on any atom is 0.244 e. The van der Waals surface area contributed by atoms with E-state index in [9.17, 15) is 9.18 Å². The zero-order valence-corrected chi connectivity index (χ0v) is 11.4. The quantitative estimate of drug-likeness (QED) is 0.897. The second kappa shape index (κ2) is 5.57. The molecule has 2 N–H and O–H groups in total. The fraction of sp³-hybridized carbons (Fsp3) is 0.500. The Morgan fingerprint density at radius 1 is 1.53 bits per heavy atom. The molecule has 1 amide bonds. The lowest BCUT2D eigenvalue weighted by molar-refractivity contribution is -0.129. The van der Waals surface area contributed by atoms with E-state index in [1.54, 1.807) is 25.1 Å². The summed E-state index contributed by atoms with van der Waals surface area (Å²) in [7, 11) is 3.49. The first kappa shape index (κ1) is 13.8. The minimum Gasteiger partial charge on any atom is -0.359 e. The number of hydrogen-bond acceptors (Lipinski definition) is 3. The SMILES string of the molecule is CN(C)C(=O)C1CCCN1c1ccc(CN)c(F)c1. The molecule has 1 atom stereocenters. The molecule has 0 saturated carbocycles. The third-order valence-corrected chi connectivity index (χ3v) is 3.57. The summed E-state index contributed by atoms with van der Waals surface area (Å²) in [6.07, 6.45) is 1.77. The number of rotatable bonds is 3. The molecule has 1 aliphatic heterocycles. The zero-order valence-electron chi connectivity index (χ0n) is 11.4. The minimum absolute atomic E-state index is 0.0702. The van der Waals surface area contributed by atoms with Crippen molar-refractivity contribution < 1.29 is 9.18 Å². The number of amides is 1. The molecule has 4 nitrogen and oxygen atoms in total. The highest BCUT2D eigenvalue weighted by Crippen LogP contribution is 2.27. The fourth-order valence-electron chi connectivity index (χ4n) is 2.51. The van der Waals surface area contributed by atoms with Crippen molar-refractivity contribution in [3.05, 3.63) is 29.6 Å². The van der Waals surface area contributed by atoms with E-state index in [1.165, 1.54) is 6.07 Å². The van der Waals surface area contributed by atoms with Crippen LogP contribution in [0.2, 0.25) is 0 Å². The van der Waals surface area contributed by atoms with Crippen molar-refractivity contribution >= 4 is 11.6 Å². The average Bonchev–Trinajstić information content (AvgIpc) is 2.86. The predicted molar refractivity (Wildman–Crippen MR) is 73.4 cm³/mol. The highest BCUT2D eigenvalue weighted by atomic mass is 19.1. The lowest BCUT2D eigenvalue weighted by Crippen LogP contribution is -2.42. The molecule has 0 aromatic heterocycles. The Hall–Kier alpha value is -1.62. The van der Waals surface area contributed by atoms with E-state index >= 15 is 0 Å². The van der Waals surface area contributed by atoms with Gasteiger partial charge in [0.05, 0.1) is 0 Å². The molecule has 0 radical (unpaired) electrons. The lowest BCUT2D eigenvalue weighted by Gasteiger charge is -2.28. The van der Waals surface area contributed by atoms with Crippen LogP contribution in [-0.2, 0) is 11.3 Å². The number of carbonyl (C=O) groups is 1. The molecule has 0 spiro atoms. The van der Waals surface area contributed by atoms with Crippen LogP contribution >= 0.6 is 0 Å². The highest BCUT2D eigenvalue weighted by Gasteiger charge is 2.32. The van der Waals surface area contributed by atoms with Crippen LogP contribution in [0.3, 0.4) is 0 Å². The van der Waals surface area contributed by atoms with Crippen molar-refractivity contribution in [2.75, 3.05) is 25.5 Å². The van der Waals surface area contributed by atoms with Gasteiger partial charge in [-0.05, 0) is 25.0 Å². The van der Waals surface area contributed by atoms with E-state index in [-0.39, 0.29) is 24.3 Å². The Morgan fingerprint density at radius 3 is 2.84 bits per heavy atom. The van der Waals surface area contributed by atoms with Gasteiger partial charge >= 0.3 is 0 Å². The zero-order chi connectivity index (χ0) is 14.0. The van der Waals surface area contributed by atoms with E-state index in [0.29, 0.717) is 5.56 Å². The molecule has 0 bridgehead atoms. The lowest BCUT2D eigenvalue weighted by atomic mass is 10.1. The van der Waals surface area contributed by atoms with E-state index in [4.69, 9.17) is 5.73 Å². The molecule has 19 heavy (non-hydrogen) atoms. The van der Waals surface area contributed by atoms with Crippen LogP contribution in [0.25, 0.3) is 0 Å². The van der Waals surface area contributed by atoms with Gasteiger partial charge < -0.3 is 15.5 Å². The Balaban J connectivity index is 2.25. The van der Waals surface area contributed by atoms with Crippen LogP contribution in [0.5, 0.6) is 0 Å². The third kappa shape index (κ3) is 2.71. The van der Waals surface area contributed by atoms with Crippen molar-refractivity contribution in [1.29, 1.82) is 0 Å². The van der Waals surface area contributed by atoms with E-state index in [0.717, 1.165) is 25.1 Å². The molecular weight excluding hydrogens is 245 g/mol. The van der Waals surface area contributed by atoms with Gasteiger partial charge in [-0.2, -0.15) is 0 Å². The molecule has 0 aliphatic carbocycles. The van der Waals surface area contributed by atoms with Gasteiger partial charge in [0, 0.05) is 38.4 Å². The molecule has 2 rings (SSSR count). The third-order valence-electron chi connectivity index (χ3n) is 3.57. The van der Waals surface area contributed by atoms with Crippen LogP contribution in [-0.4, -0.2) is 37.5 Å². The highest BCUT2D eigenvalue weighted by molar-refractivity contribution is 5.85. The van der Waals surface area contributed by atoms with Gasteiger partial charge in [0.2, 0.25) is 5.91 Å². The largest absolute Gasteiger partial charge is 0.359 e. The maximum absolute atomic E-state index is 13.8. The van der Waals surface area contributed by atoms with Gasteiger partial charge in [-0.1, -0.05) is 6.07 Å². The van der Waals surface area contributed by atoms with Gasteiger partial charge in [0.15, 0.2) is 0 Å². The number of anilines is 1. The number of carbonyl (C=O) groups excluding carboxylic acids is 1. The molecule has 1 aliphatic rings. The summed E-state index contributed by atoms with van der Waals surface area (Å²) in [6, 6.07) is 4.83. The topological polar surface area (TPSA) is 49.6 Å². The fourth-order valence-corrected chi connectivity index (χ4v) is 2.51. The predicted octanol–water partition coefficient (Wildman–Crippen LogP) is 1.34. The van der Waals surface area contributed by atoms with Crippen LogP contribution < -0.4 is 10.6 Å². The van der Waals surface area contributed by atoms with Crippen molar-refractivity contribution in [2.24, 2.45) is 5.73 Å². The Labute approximate surface area is 113 Å². The van der Waals surface area contributed by atoms with E-state index in [1.807, 2.05) is 11.0 Å². The molecule has 5 heteroatoms. The maximum atomic E-state index is 13.8. The molecule has 1 aromatic rings. The van der Waals surface area contributed by atoms with Gasteiger partial charge in [-0.15, -0.1) is 0 Å². The van der Waals surface area contributed by atoms with Crippen molar-refractivity contribution in [1.82, 2.24) is 4.90 Å². The van der Waals surface area contributed by atoms with E-state index < -0.39 is 0 Å². The summed E-state index contributed by atoms with van der Waals surface area (Å²) < 4.78 is 13.8. The number of hydrogen-bond donors (Lipinski definition) is 1. The second-order valence-electron chi connectivity index (χ2n) is 5.06. The van der Waals surface area contributed by atoms with Gasteiger partial charge in [-0.3, -0.25) is 4.79 Å². The van der Waals surface area contributed by atoms with Crippen LogP contribution in [0.4, 0.5) is 10.1 Å². The summed E-state index contributed by atoms with van der Waals surface area (Å²) >= 11 is 0. The van der Waals surface area contributed by atoms with Crippen LogP contribution in [0.15, 0.2) is 18.2 Å². The minimum atomic E-state index is -0.303. The summed E-state index contributed by atoms with van der Waals surface area (Å²) in [5, 5.41) is 0. The number of nitrogens with zero attached hydrogens (tertiary/aromatic N) is 2. The van der Waals surface area contributed by atoms with Crippen LogP contribution in [0.1, 0.15) is 18.4 Å². The van der Waals surface area contributed by atoms with E-state index in [2.05, 4.69) is 0 Å². The molecular formula is C14H20FN3O. The monoisotopic (exact) mass is 265 g/mol. The number of halogens is 1. The Morgan fingerprint density at radius 2 is 2.26 bits per heavy atom. The number of benzene rings is 1. The smallest absolute Gasteiger partial charge is 0.244 e. The van der Waals surface area contributed by atoms with Gasteiger partial charge in [-0.25, -0.2) is 4.39 Å². The first-order valence-corrected chi connectivity index (χ1v) is 6.51. The molecule has 1 aromatic carbocycles. The molecule has 1 heterocycles.